The molecule has 9 heteroatoms. The summed E-state index contributed by atoms with van der Waals surface area (Å²) in [6.07, 6.45) is 3.54. The average molecular weight is 429 g/mol. The number of nitrogens with one attached hydrogen (secondary N) is 3. The van der Waals surface area contributed by atoms with Gasteiger partial charge >= 0.3 is 0 Å². The Kier molecular flexibility index (Phi) is 9.57. The number of nitrogens with zero attached hydrogens (tertiary/aromatic N) is 1. The third-order valence-corrected chi connectivity index (χ3v) is 7.31. The Labute approximate surface area is 173 Å². The van der Waals surface area contributed by atoms with Crippen LogP contribution < -0.4 is 15.4 Å². The van der Waals surface area contributed by atoms with Crippen LogP contribution in [0.5, 0.6) is 0 Å². The zero-order chi connectivity index (χ0) is 20.4. The van der Waals surface area contributed by atoms with Gasteiger partial charge in [-0.05, 0) is 42.7 Å². The van der Waals surface area contributed by atoms with Crippen molar-refractivity contribution in [3.8, 4) is 0 Å². The molecule has 1 fully saturated rings. The maximum absolute atomic E-state index is 12.3. The molecule has 2 unspecified atom stereocenters. The molecule has 0 spiro atoms. The zero-order valence-corrected chi connectivity index (χ0v) is 18.5. The van der Waals surface area contributed by atoms with Crippen LogP contribution in [0, 0.1) is 0 Å². The number of aliphatic imine (C=N–C) groups is 1. The number of benzene rings is 1. The van der Waals surface area contributed by atoms with Crippen molar-refractivity contribution < 1.29 is 13.2 Å². The van der Waals surface area contributed by atoms with Crippen molar-refractivity contribution in [1.29, 1.82) is 0 Å². The first kappa shape index (κ1) is 23.0. The van der Waals surface area contributed by atoms with Gasteiger partial charge in [0, 0.05) is 38.5 Å². The van der Waals surface area contributed by atoms with Gasteiger partial charge in [0.25, 0.3) is 0 Å². The normalized spacial score (nSPS) is 20.3. The highest BCUT2D eigenvalue weighted by atomic mass is 32.2. The van der Waals surface area contributed by atoms with E-state index in [1.807, 2.05) is 17.8 Å². The van der Waals surface area contributed by atoms with Crippen molar-refractivity contribution in [1.82, 2.24) is 15.4 Å². The molecule has 0 heterocycles. The molecule has 1 aliphatic rings. The van der Waals surface area contributed by atoms with Gasteiger partial charge in [-0.2, -0.15) is 11.8 Å². The number of rotatable bonds is 10. The molecule has 1 aromatic rings. The van der Waals surface area contributed by atoms with E-state index in [2.05, 4.69) is 27.3 Å². The molecule has 0 amide bonds. The van der Waals surface area contributed by atoms with E-state index in [1.165, 1.54) is 13.5 Å². The molecule has 0 radical (unpaired) electrons. The molecule has 1 saturated carbocycles. The lowest BCUT2D eigenvalue weighted by molar-refractivity contribution is 0.204. The Morgan fingerprint density at radius 2 is 2.18 bits per heavy atom. The van der Waals surface area contributed by atoms with Crippen LogP contribution in [0.1, 0.15) is 31.7 Å². The first-order valence-electron chi connectivity index (χ1n) is 9.64. The Balaban J connectivity index is 1.89. The molecule has 2 atom stereocenters. The molecule has 3 N–H and O–H groups in total. The van der Waals surface area contributed by atoms with Crippen molar-refractivity contribution in [2.24, 2.45) is 4.99 Å². The van der Waals surface area contributed by atoms with Gasteiger partial charge in [-0.25, -0.2) is 13.1 Å². The summed E-state index contributed by atoms with van der Waals surface area (Å²) in [5, 5.41) is 7.50. The van der Waals surface area contributed by atoms with E-state index in [9.17, 15) is 8.42 Å². The van der Waals surface area contributed by atoms with Crippen molar-refractivity contribution in [3.05, 3.63) is 29.8 Å². The Morgan fingerprint density at radius 1 is 1.36 bits per heavy atom. The lowest BCUT2D eigenvalue weighted by Gasteiger charge is -2.17. The van der Waals surface area contributed by atoms with E-state index in [4.69, 9.17) is 4.74 Å². The van der Waals surface area contributed by atoms with Crippen LogP contribution in [-0.4, -0.2) is 58.7 Å². The van der Waals surface area contributed by atoms with Crippen LogP contribution in [0.4, 0.5) is 0 Å². The second-order valence-corrected chi connectivity index (χ2v) is 10.0. The fourth-order valence-corrected chi connectivity index (χ4v) is 5.44. The highest BCUT2D eigenvalue weighted by Gasteiger charge is 2.25. The van der Waals surface area contributed by atoms with Gasteiger partial charge in [0.05, 0.1) is 11.5 Å². The standard InChI is InChI=1S/C19H32N4O3S2/c1-4-27-17-9-8-16(13-17)23-19(20-2)21-14-15-6-5-7-18(12-15)28(24,25)22-10-11-26-3/h5-7,12,16-17,22H,4,8-11,13-14H2,1-3H3,(H2,20,21,23). The van der Waals surface area contributed by atoms with Gasteiger partial charge in [-0.3, -0.25) is 4.99 Å². The summed E-state index contributed by atoms with van der Waals surface area (Å²) in [5.74, 6) is 1.91. The molecule has 28 heavy (non-hydrogen) atoms. The predicted molar refractivity (Wildman–Crippen MR) is 116 cm³/mol. The highest BCUT2D eigenvalue weighted by molar-refractivity contribution is 7.99. The summed E-state index contributed by atoms with van der Waals surface area (Å²) in [6, 6.07) is 7.36. The number of ether oxygens (including phenoxy) is 1. The maximum Gasteiger partial charge on any atom is 0.240 e. The van der Waals surface area contributed by atoms with Crippen molar-refractivity contribution in [2.45, 2.75) is 48.9 Å². The largest absolute Gasteiger partial charge is 0.383 e. The smallest absolute Gasteiger partial charge is 0.240 e. The van der Waals surface area contributed by atoms with E-state index in [0.717, 1.165) is 35.4 Å². The topological polar surface area (TPSA) is 91.8 Å². The number of sulfonamides is 1. The van der Waals surface area contributed by atoms with E-state index in [-0.39, 0.29) is 11.4 Å². The minimum Gasteiger partial charge on any atom is -0.383 e. The van der Waals surface area contributed by atoms with Crippen LogP contribution in [0.3, 0.4) is 0 Å². The Morgan fingerprint density at radius 3 is 2.89 bits per heavy atom. The molecule has 1 aromatic carbocycles. The van der Waals surface area contributed by atoms with E-state index >= 15 is 0 Å². The van der Waals surface area contributed by atoms with Gasteiger partial charge < -0.3 is 15.4 Å². The van der Waals surface area contributed by atoms with Gasteiger partial charge in [-0.1, -0.05) is 19.1 Å². The lowest BCUT2D eigenvalue weighted by atomic mass is 10.2. The number of hydrogen-bond acceptors (Lipinski definition) is 5. The molecule has 0 aromatic heterocycles. The van der Waals surface area contributed by atoms with Gasteiger partial charge in [0.1, 0.15) is 0 Å². The van der Waals surface area contributed by atoms with Gasteiger partial charge in [-0.15, -0.1) is 0 Å². The third kappa shape index (κ3) is 7.27. The van der Waals surface area contributed by atoms with E-state index < -0.39 is 10.0 Å². The molecular formula is C19H32N4O3S2. The molecule has 0 aliphatic heterocycles. The number of guanidine groups is 1. The zero-order valence-electron chi connectivity index (χ0n) is 16.9. The second-order valence-electron chi connectivity index (χ2n) is 6.70. The van der Waals surface area contributed by atoms with Crippen molar-refractivity contribution in [3.63, 3.8) is 0 Å². The van der Waals surface area contributed by atoms with Crippen molar-refractivity contribution in [2.75, 3.05) is 33.1 Å². The molecule has 7 nitrogen and oxygen atoms in total. The molecule has 0 bridgehead atoms. The molecule has 158 valence electrons. The average Bonchev–Trinajstić information content (AvgIpc) is 3.13. The summed E-state index contributed by atoms with van der Waals surface area (Å²) in [5.41, 5.74) is 0.878. The number of hydrogen-bond donors (Lipinski definition) is 3. The third-order valence-electron chi connectivity index (χ3n) is 4.62. The van der Waals surface area contributed by atoms with Crippen molar-refractivity contribution >= 4 is 27.7 Å². The monoisotopic (exact) mass is 428 g/mol. The molecule has 1 aliphatic carbocycles. The van der Waals surface area contributed by atoms with Crippen LogP contribution in [-0.2, 0) is 21.3 Å². The molecule has 0 saturated heterocycles. The van der Waals surface area contributed by atoms with Crippen LogP contribution in [0.2, 0.25) is 0 Å². The predicted octanol–water partition coefficient (Wildman–Crippen LogP) is 1.95. The van der Waals surface area contributed by atoms with Gasteiger partial charge in [0.2, 0.25) is 10.0 Å². The van der Waals surface area contributed by atoms with E-state index in [0.29, 0.717) is 19.2 Å². The van der Waals surface area contributed by atoms with Crippen LogP contribution in [0.15, 0.2) is 34.2 Å². The van der Waals surface area contributed by atoms with Gasteiger partial charge in [0.15, 0.2) is 5.96 Å². The molecule has 2 rings (SSSR count). The SMILES string of the molecule is CCSC1CCC(NC(=NC)NCc2cccc(S(=O)(=O)NCCOC)c2)C1. The fraction of sp³-hybridized carbons (Fsp3) is 0.632. The second kappa shape index (κ2) is 11.6. The summed E-state index contributed by atoms with van der Waals surface area (Å²) < 4.78 is 32.1. The van der Waals surface area contributed by atoms with E-state index in [1.54, 1.807) is 25.2 Å². The summed E-state index contributed by atoms with van der Waals surface area (Å²) in [4.78, 5) is 4.55. The van der Waals surface area contributed by atoms with Crippen LogP contribution >= 0.6 is 11.8 Å². The Bertz CT molecular complexity index is 740. The highest BCUT2D eigenvalue weighted by Crippen LogP contribution is 2.29. The molecular weight excluding hydrogens is 396 g/mol. The minimum atomic E-state index is -3.54. The summed E-state index contributed by atoms with van der Waals surface area (Å²) in [6.45, 7) is 3.28. The Hall–Kier alpha value is -1.29. The first-order valence-corrected chi connectivity index (χ1v) is 12.2. The first-order chi connectivity index (χ1) is 13.5. The number of thioether (sulfide) groups is 1. The number of methoxy groups -OCH3 is 1. The lowest BCUT2D eigenvalue weighted by Crippen LogP contribution is -2.42. The summed E-state index contributed by atoms with van der Waals surface area (Å²) >= 11 is 2.03. The summed E-state index contributed by atoms with van der Waals surface area (Å²) in [7, 11) is -0.245. The maximum atomic E-state index is 12.3. The fourth-order valence-electron chi connectivity index (χ4n) is 3.22. The quantitative estimate of drug-likeness (QED) is 0.300. The minimum absolute atomic E-state index is 0.247. The van der Waals surface area contributed by atoms with Crippen LogP contribution in [0.25, 0.3) is 0 Å².